The number of rotatable bonds is 7. The number of amides is 2. The summed E-state index contributed by atoms with van der Waals surface area (Å²) in [5.74, 6) is 0.0801. The highest BCUT2D eigenvalue weighted by Gasteiger charge is 2.30. The van der Waals surface area contributed by atoms with Crippen LogP contribution in [0.2, 0.25) is 0 Å². The number of para-hydroxylation sites is 1. The van der Waals surface area contributed by atoms with Crippen molar-refractivity contribution in [2.24, 2.45) is 0 Å². The van der Waals surface area contributed by atoms with E-state index in [1.54, 1.807) is 0 Å². The van der Waals surface area contributed by atoms with Crippen molar-refractivity contribution in [2.45, 2.75) is 44.2 Å². The summed E-state index contributed by atoms with van der Waals surface area (Å²) in [4.78, 5) is 39.0. The Bertz CT molecular complexity index is 1870. The summed E-state index contributed by atoms with van der Waals surface area (Å²) >= 11 is 0. The van der Waals surface area contributed by atoms with Gasteiger partial charge in [-0.2, -0.15) is 5.10 Å². The number of anilines is 1. The summed E-state index contributed by atoms with van der Waals surface area (Å²) in [5, 5.41) is 8.01. The maximum atomic E-state index is 15.1. The minimum atomic E-state index is -0.616. The number of hydrogen-bond acceptors (Lipinski definition) is 9. The highest BCUT2D eigenvalue weighted by molar-refractivity contribution is 6.00. The third kappa shape index (κ3) is 5.84. The number of likely N-dealkylation sites (tertiary alicyclic amines) is 1. The van der Waals surface area contributed by atoms with Crippen molar-refractivity contribution in [2.75, 3.05) is 18.8 Å². The molecular formula is C33H31FN8O3. The highest BCUT2D eigenvalue weighted by Crippen LogP contribution is 2.35. The number of carbonyl (C=O) groups excluding carboxylic acids is 2. The van der Waals surface area contributed by atoms with E-state index in [4.69, 9.17) is 15.6 Å². The first-order chi connectivity index (χ1) is 21.9. The summed E-state index contributed by atoms with van der Waals surface area (Å²) in [6.07, 6.45) is 5.08. The molecule has 0 spiro atoms. The maximum absolute atomic E-state index is 15.1. The number of nitrogens with zero attached hydrogens (tertiary/aromatic N) is 6. The molecule has 7 rings (SSSR count). The Kier molecular flexibility index (Phi) is 7.64. The second kappa shape index (κ2) is 12.0. The summed E-state index contributed by atoms with van der Waals surface area (Å²) < 4.78 is 23.0. The number of halogens is 1. The average molecular weight is 607 g/mol. The van der Waals surface area contributed by atoms with Crippen LogP contribution in [0.5, 0.6) is 11.5 Å². The van der Waals surface area contributed by atoms with Crippen LogP contribution in [0.4, 0.5) is 10.2 Å². The van der Waals surface area contributed by atoms with Gasteiger partial charge in [0.05, 0.1) is 23.0 Å². The number of pyridine rings is 1. The average Bonchev–Trinajstić information content (AvgIpc) is 3.44. The lowest BCUT2D eigenvalue weighted by Gasteiger charge is -2.32. The van der Waals surface area contributed by atoms with Gasteiger partial charge in [0, 0.05) is 43.4 Å². The number of nitrogen functional groups attached to an aromatic ring is 1. The number of fused-ring (bicyclic) bond motifs is 1. The molecule has 228 valence electrons. The summed E-state index contributed by atoms with van der Waals surface area (Å²) in [6.45, 7) is 1.85. The van der Waals surface area contributed by atoms with Gasteiger partial charge in [0.1, 0.15) is 35.2 Å². The second-order valence-electron chi connectivity index (χ2n) is 11.4. The van der Waals surface area contributed by atoms with Crippen molar-refractivity contribution >= 4 is 28.7 Å². The quantitative estimate of drug-likeness (QED) is 0.251. The minimum absolute atomic E-state index is 0.0744. The number of ether oxygens (including phenoxy) is 1. The summed E-state index contributed by atoms with van der Waals surface area (Å²) in [6, 6.07) is 18.7. The Labute approximate surface area is 258 Å². The first kappa shape index (κ1) is 28.5. The zero-order chi connectivity index (χ0) is 30.9. The van der Waals surface area contributed by atoms with E-state index in [0.717, 1.165) is 37.2 Å². The summed E-state index contributed by atoms with van der Waals surface area (Å²) in [7, 11) is 0. The zero-order valence-corrected chi connectivity index (χ0v) is 24.4. The molecule has 2 fully saturated rings. The molecule has 45 heavy (non-hydrogen) atoms. The molecule has 0 saturated carbocycles. The van der Waals surface area contributed by atoms with E-state index in [1.165, 1.54) is 18.6 Å². The van der Waals surface area contributed by atoms with Gasteiger partial charge in [-0.25, -0.2) is 19.0 Å². The fourth-order valence-electron chi connectivity index (χ4n) is 6.08. The van der Waals surface area contributed by atoms with Gasteiger partial charge >= 0.3 is 0 Å². The Morgan fingerprint density at radius 2 is 1.71 bits per heavy atom. The minimum Gasteiger partial charge on any atom is -0.457 e. The molecule has 5 heterocycles. The molecule has 5 aromatic rings. The molecule has 1 atom stereocenters. The molecule has 3 N–H and O–H groups in total. The van der Waals surface area contributed by atoms with Crippen molar-refractivity contribution in [1.82, 2.24) is 34.9 Å². The Balaban J connectivity index is 1.05. The van der Waals surface area contributed by atoms with E-state index in [1.807, 2.05) is 59.3 Å². The molecule has 2 saturated heterocycles. The smallest absolute Gasteiger partial charge is 0.235 e. The molecule has 11 nitrogen and oxygen atoms in total. The monoisotopic (exact) mass is 606 g/mol. The molecule has 2 amide bonds. The van der Waals surface area contributed by atoms with E-state index < -0.39 is 17.6 Å². The van der Waals surface area contributed by atoms with Crippen LogP contribution in [-0.4, -0.2) is 54.5 Å². The van der Waals surface area contributed by atoms with Crippen LogP contribution in [0.25, 0.3) is 22.3 Å². The van der Waals surface area contributed by atoms with Gasteiger partial charge in [-0.1, -0.05) is 18.2 Å². The number of benzene rings is 2. The molecule has 1 unspecified atom stereocenters. The van der Waals surface area contributed by atoms with Gasteiger partial charge in [0.15, 0.2) is 5.65 Å². The van der Waals surface area contributed by atoms with Crippen LogP contribution in [-0.2, 0) is 16.1 Å². The normalized spacial score (nSPS) is 17.8. The van der Waals surface area contributed by atoms with Crippen molar-refractivity contribution in [3.05, 3.63) is 90.3 Å². The van der Waals surface area contributed by atoms with E-state index in [2.05, 4.69) is 25.2 Å². The third-order valence-corrected chi connectivity index (χ3v) is 8.47. The number of imide groups is 1. The van der Waals surface area contributed by atoms with Crippen LogP contribution >= 0.6 is 0 Å². The molecule has 0 aliphatic carbocycles. The first-order valence-corrected chi connectivity index (χ1v) is 15.0. The number of nitrogens with one attached hydrogen (secondary N) is 1. The Morgan fingerprint density at radius 1 is 0.956 bits per heavy atom. The standard InChI is InChI=1S/C33H31FN8O3/c34-26-16-27(25-10-11-28(43)39-33(25)44)36-17-21(26)18-41-14-12-22(13-15-41)42-32-29(31(35)37-19-38-32)30(40-42)20-6-8-24(9-7-20)45-23-4-2-1-3-5-23/h1-9,16-17,19,22,25H,10-15,18H2,(H2,35,37,38)(H,39,43,44). The topological polar surface area (TPSA) is 141 Å². The third-order valence-electron chi connectivity index (χ3n) is 8.47. The number of carbonyl (C=O) groups is 2. The number of aromatic nitrogens is 5. The van der Waals surface area contributed by atoms with Gasteiger partial charge in [-0.15, -0.1) is 0 Å². The first-order valence-electron chi connectivity index (χ1n) is 15.0. The van der Waals surface area contributed by atoms with E-state index in [0.29, 0.717) is 52.5 Å². The van der Waals surface area contributed by atoms with Gasteiger partial charge in [0.25, 0.3) is 0 Å². The van der Waals surface area contributed by atoms with Crippen LogP contribution in [0.3, 0.4) is 0 Å². The van der Waals surface area contributed by atoms with Crippen LogP contribution in [0.1, 0.15) is 48.9 Å². The number of piperidine rings is 2. The van der Waals surface area contributed by atoms with Crippen LogP contribution < -0.4 is 15.8 Å². The van der Waals surface area contributed by atoms with Crippen molar-refractivity contribution < 1.29 is 18.7 Å². The van der Waals surface area contributed by atoms with Gasteiger partial charge in [0.2, 0.25) is 11.8 Å². The number of hydrogen-bond donors (Lipinski definition) is 2. The van der Waals surface area contributed by atoms with Crippen LogP contribution in [0.15, 0.2) is 73.2 Å². The number of nitrogens with two attached hydrogens (primary N) is 1. The predicted molar refractivity (Wildman–Crippen MR) is 165 cm³/mol. The van der Waals surface area contributed by atoms with E-state index in [-0.39, 0.29) is 18.4 Å². The fraction of sp³-hybridized carbons (Fsp3) is 0.273. The molecule has 0 radical (unpaired) electrons. The largest absolute Gasteiger partial charge is 0.457 e. The lowest BCUT2D eigenvalue weighted by atomic mass is 9.94. The molecule has 2 aromatic carbocycles. The van der Waals surface area contributed by atoms with Crippen molar-refractivity contribution in [3.63, 3.8) is 0 Å². The Hall–Kier alpha value is -5.23. The maximum Gasteiger partial charge on any atom is 0.235 e. The lowest BCUT2D eigenvalue weighted by Crippen LogP contribution is -2.39. The highest BCUT2D eigenvalue weighted by atomic mass is 19.1. The van der Waals surface area contributed by atoms with Crippen molar-refractivity contribution in [1.29, 1.82) is 0 Å². The van der Waals surface area contributed by atoms with Crippen molar-refractivity contribution in [3.8, 4) is 22.8 Å². The molecular weight excluding hydrogens is 575 g/mol. The van der Waals surface area contributed by atoms with Crippen LogP contribution in [0, 0.1) is 5.82 Å². The molecule has 0 bridgehead atoms. The zero-order valence-electron chi connectivity index (χ0n) is 24.4. The molecule has 12 heteroatoms. The molecule has 2 aliphatic heterocycles. The molecule has 3 aromatic heterocycles. The van der Waals surface area contributed by atoms with Gasteiger partial charge in [-0.3, -0.25) is 24.8 Å². The van der Waals surface area contributed by atoms with Gasteiger partial charge < -0.3 is 10.5 Å². The fourth-order valence-corrected chi connectivity index (χ4v) is 6.08. The van der Waals surface area contributed by atoms with Gasteiger partial charge in [-0.05, 0) is 61.7 Å². The predicted octanol–water partition coefficient (Wildman–Crippen LogP) is 4.76. The second-order valence-corrected chi connectivity index (χ2v) is 11.4. The Morgan fingerprint density at radius 3 is 2.44 bits per heavy atom. The molecule has 2 aliphatic rings. The van der Waals surface area contributed by atoms with E-state index in [9.17, 15) is 9.59 Å². The lowest BCUT2D eigenvalue weighted by molar-refractivity contribution is -0.134. The summed E-state index contributed by atoms with van der Waals surface area (Å²) in [5.41, 5.74) is 9.43. The van der Waals surface area contributed by atoms with E-state index >= 15 is 4.39 Å². The SMILES string of the molecule is Nc1ncnc2c1c(-c1ccc(Oc3ccccc3)cc1)nn2C1CCN(Cc2cnc(C3CCC(=O)NC3=O)cc2F)CC1.